The van der Waals surface area contributed by atoms with Gasteiger partial charge < -0.3 is 5.11 Å². The van der Waals surface area contributed by atoms with E-state index in [9.17, 15) is 18.3 Å². The molecule has 0 radical (unpaired) electrons. The fraction of sp³-hybridized carbons (Fsp3) is 0.286. The molecule has 0 atom stereocenters. The predicted molar refractivity (Wildman–Crippen MR) is 79.0 cm³/mol. The number of hydrogen-bond donors (Lipinski definition) is 1. The molecule has 1 N–H and O–H groups in total. The van der Waals surface area contributed by atoms with E-state index in [0.717, 1.165) is 4.31 Å². The number of pyridine rings is 1. The highest BCUT2D eigenvalue weighted by Gasteiger charge is 2.19. The first-order valence-corrected chi connectivity index (χ1v) is 7.81. The lowest BCUT2D eigenvalue weighted by Crippen LogP contribution is -2.22. The van der Waals surface area contributed by atoms with E-state index in [2.05, 4.69) is 4.98 Å². The van der Waals surface area contributed by atoms with Crippen LogP contribution in [0.5, 0.6) is 0 Å². The summed E-state index contributed by atoms with van der Waals surface area (Å²) in [6.45, 7) is 1.88. The van der Waals surface area contributed by atoms with Crippen molar-refractivity contribution in [2.75, 3.05) is 14.1 Å². The lowest BCUT2D eigenvalue weighted by Gasteiger charge is -2.12. The smallest absolute Gasteiger partial charge is 0.336 e. The maximum atomic E-state index is 12.1. The topological polar surface area (TPSA) is 87.6 Å². The van der Waals surface area contributed by atoms with Gasteiger partial charge in [0.2, 0.25) is 10.0 Å². The maximum absolute atomic E-state index is 12.1. The zero-order valence-electron chi connectivity index (χ0n) is 12.0. The van der Waals surface area contributed by atoms with Crippen LogP contribution in [-0.4, -0.2) is 42.9 Å². The molecule has 0 amide bonds. The van der Waals surface area contributed by atoms with Crippen molar-refractivity contribution < 1.29 is 18.3 Å². The Bertz CT molecular complexity index is 813. The minimum atomic E-state index is -3.61. The summed E-state index contributed by atoms with van der Waals surface area (Å²) >= 11 is 0. The van der Waals surface area contributed by atoms with Gasteiger partial charge in [-0.3, -0.25) is 4.98 Å². The summed E-state index contributed by atoms with van der Waals surface area (Å²) in [4.78, 5) is 15.8. The normalized spacial score (nSPS) is 12.0. The summed E-state index contributed by atoms with van der Waals surface area (Å²) in [6, 6.07) is 5.82. The number of carbonyl (C=O) groups is 1. The fourth-order valence-electron chi connectivity index (χ4n) is 1.99. The monoisotopic (exact) mass is 308 g/mol. The number of aromatic nitrogens is 1. The van der Waals surface area contributed by atoms with Gasteiger partial charge in [0, 0.05) is 25.2 Å². The van der Waals surface area contributed by atoms with Gasteiger partial charge in [0.05, 0.1) is 16.0 Å². The number of carboxylic acids is 1. The molecule has 2 aromatic rings. The number of fused-ring (bicyclic) bond motifs is 1. The largest absolute Gasteiger partial charge is 0.478 e. The molecule has 0 saturated heterocycles. The van der Waals surface area contributed by atoms with E-state index in [1.54, 1.807) is 0 Å². The van der Waals surface area contributed by atoms with Gasteiger partial charge in [-0.25, -0.2) is 17.5 Å². The lowest BCUT2D eigenvalue weighted by molar-refractivity contribution is 0.0699. The number of carboxylic acid groups (broad SMARTS) is 1. The minimum absolute atomic E-state index is 0.0496. The van der Waals surface area contributed by atoms with E-state index < -0.39 is 16.0 Å². The first kappa shape index (κ1) is 15.4. The summed E-state index contributed by atoms with van der Waals surface area (Å²) in [6.07, 6.45) is 0.605. The van der Waals surface area contributed by atoms with E-state index in [4.69, 9.17) is 0 Å². The number of aryl methyl sites for hydroxylation is 1. The number of rotatable bonds is 4. The molecule has 6 nitrogen and oxygen atoms in total. The third-order valence-electron chi connectivity index (χ3n) is 3.20. The quantitative estimate of drug-likeness (QED) is 0.929. The summed E-state index contributed by atoms with van der Waals surface area (Å²) in [5, 5.41) is 9.64. The van der Waals surface area contributed by atoms with Crippen LogP contribution in [0.3, 0.4) is 0 Å². The summed E-state index contributed by atoms with van der Waals surface area (Å²) in [7, 11) is -0.761. The SMILES string of the molecule is CCc1cc(C(=O)O)c2cc(S(=O)(=O)N(C)C)ccc2n1. The van der Waals surface area contributed by atoms with Gasteiger partial charge in [-0.2, -0.15) is 0 Å². The number of aromatic carboxylic acids is 1. The minimum Gasteiger partial charge on any atom is -0.478 e. The first-order valence-electron chi connectivity index (χ1n) is 6.37. The highest BCUT2D eigenvalue weighted by Crippen LogP contribution is 2.24. The number of hydrogen-bond acceptors (Lipinski definition) is 4. The van der Waals surface area contributed by atoms with Crippen molar-refractivity contribution in [3.05, 3.63) is 35.5 Å². The molecule has 7 heteroatoms. The van der Waals surface area contributed by atoms with E-state index in [1.165, 1.54) is 38.4 Å². The molecule has 1 heterocycles. The van der Waals surface area contributed by atoms with Crippen LogP contribution in [0.1, 0.15) is 23.0 Å². The van der Waals surface area contributed by atoms with Crippen molar-refractivity contribution in [2.45, 2.75) is 18.2 Å². The van der Waals surface area contributed by atoms with Crippen LogP contribution in [0, 0.1) is 0 Å². The molecular weight excluding hydrogens is 292 g/mol. The van der Waals surface area contributed by atoms with Crippen LogP contribution < -0.4 is 0 Å². The molecule has 1 aromatic heterocycles. The summed E-state index contributed by atoms with van der Waals surface area (Å²) < 4.78 is 25.4. The van der Waals surface area contributed by atoms with E-state index in [-0.39, 0.29) is 10.5 Å². The Morgan fingerprint density at radius 3 is 2.48 bits per heavy atom. The highest BCUT2D eigenvalue weighted by molar-refractivity contribution is 7.89. The standard InChI is InChI=1S/C14H16N2O4S/c1-4-9-7-12(14(17)18)11-8-10(5-6-13(11)15-9)21(19,20)16(2)3/h5-8H,4H2,1-3H3,(H,17,18). The zero-order valence-corrected chi connectivity index (χ0v) is 12.8. The molecule has 21 heavy (non-hydrogen) atoms. The number of benzene rings is 1. The summed E-state index contributed by atoms with van der Waals surface area (Å²) in [5.41, 5.74) is 1.19. The second-order valence-electron chi connectivity index (χ2n) is 4.79. The van der Waals surface area contributed by atoms with Crippen LogP contribution in [0.25, 0.3) is 10.9 Å². The molecule has 0 fully saturated rings. The van der Waals surface area contributed by atoms with E-state index >= 15 is 0 Å². The molecule has 0 unspecified atom stereocenters. The van der Waals surface area contributed by atoms with E-state index in [0.29, 0.717) is 23.0 Å². The Morgan fingerprint density at radius 2 is 1.95 bits per heavy atom. The Hall–Kier alpha value is -1.99. The van der Waals surface area contributed by atoms with Gasteiger partial charge in [-0.1, -0.05) is 6.92 Å². The molecule has 112 valence electrons. The first-order chi connectivity index (χ1) is 9.77. The van der Waals surface area contributed by atoms with Crippen molar-refractivity contribution >= 4 is 26.9 Å². The molecule has 0 bridgehead atoms. The van der Waals surface area contributed by atoms with Gasteiger partial charge in [-0.15, -0.1) is 0 Å². The molecule has 1 aromatic carbocycles. The van der Waals surface area contributed by atoms with Crippen molar-refractivity contribution in [2.24, 2.45) is 0 Å². The van der Waals surface area contributed by atoms with Gasteiger partial charge in [-0.05, 0) is 30.7 Å². The van der Waals surface area contributed by atoms with Crippen molar-refractivity contribution in [3.8, 4) is 0 Å². The Morgan fingerprint density at radius 1 is 1.29 bits per heavy atom. The molecule has 0 spiro atoms. The average Bonchev–Trinajstić information content (AvgIpc) is 2.44. The highest BCUT2D eigenvalue weighted by atomic mass is 32.2. The third kappa shape index (κ3) is 2.74. The molecule has 0 aliphatic heterocycles. The molecule has 0 aliphatic carbocycles. The van der Waals surface area contributed by atoms with Gasteiger partial charge in [0.25, 0.3) is 0 Å². The Balaban J connectivity index is 2.79. The van der Waals surface area contributed by atoms with Gasteiger partial charge >= 0.3 is 5.97 Å². The average molecular weight is 308 g/mol. The van der Waals surface area contributed by atoms with Crippen LogP contribution in [-0.2, 0) is 16.4 Å². The van der Waals surface area contributed by atoms with Crippen molar-refractivity contribution in [1.82, 2.24) is 9.29 Å². The number of sulfonamides is 1. The van der Waals surface area contributed by atoms with Crippen LogP contribution in [0.2, 0.25) is 0 Å². The Labute approximate surface area is 123 Å². The molecule has 0 aliphatic rings. The lowest BCUT2D eigenvalue weighted by atomic mass is 10.1. The molecule has 2 rings (SSSR count). The molecule has 0 saturated carbocycles. The molecular formula is C14H16N2O4S. The maximum Gasteiger partial charge on any atom is 0.336 e. The number of nitrogens with zero attached hydrogens (tertiary/aromatic N) is 2. The second-order valence-corrected chi connectivity index (χ2v) is 6.94. The second kappa shape index (κ2) is 5.42. The third-order valence-corrected chi connectivity index (χ3v) is 5.02. The fourth-order valence-corrected chi connectivity index (χ4v) is 2.92. The Kier molecular flexibility index (Phi) is 3.97. The zero-order chi connectivity index (χ0) is 15.8. The van der Waals surface area contributed by atoms with Crippen molar-refractivity contribution in [3.63, 3.8) is 0 Å². The van der Waals surface area contributed by atoms with E-state index in [1.807, 2.05) is 6.92 Å². The van der Waals surface area contributed by atoms with Crippen LogP contribution in [0.15, 0.2) is 29.2 Å². The van der Waals surface area contributed by atoms with Crippen molar-refractivity contribution in [1.29, 1.82) is 0 Å². The van der Waals surface area contributed by atoms with Crippen LogP contribution in [0.4, 0.5) is 0 Å². The predicted octanol–water partition coefficient (Wildman–Crippen LogP) is 1.75. The summed E-state index contributed by atoms with van der Waals surface area (Å²) in [5.74, 6) is -1.10. The van der Waals surface area contributed by atoms with Crippen LogP contribution >= 0.6 is 0 Å². The van der Waals surface area contributed by atoms with Gasteiger partial charge in [0.15, 0.2) is 0 Å². The van der Waals surface area contributed by atoms with Gasteiger partial charge in [0.1, 0.15) is 0 Å².